The molecule has 0 radical (unpaired) electrons. The molecule has 3 rings (SSSR count). The fourth-order valence-corrected chi connectivity index (χ4v) is 2.64. The molecule has 0 aliphatic rings. The summed E-state index contributed by atoms with van der Waals surface area (Å²) in [4.78, 5) is 35.3. The monoisotopic (exact) mass is 357 g/mol. The maximum Gasteiger partial charge on any atom is 0.199 e. The molecule has 7 heteroatoms. The summed E-state index contributed by atoms with van der Waals surface area (Å²) < 4.78 is 14.0. The van der Waals surface area contributed by atoms with E-state index in [0.29, 0.717) is 11.1 Å². The summed E-state index contributed by atoms with van der Waals surface area (Å²) >= 11 is 6.07. The number of halogens is 2. The van der Waals surface area contributed by atoms with E-state index >= 15 is 0 Å². The molecule has 0 atom stereocenters. The summed E-state index contributed by atoms with van der Waals surface area (Å²) in [5, 5.41) is 0.0699. The van der Waals surface area contributed by atoms with E-state index in [0.717, 1.165) is 0 Å². The molecular formula is C18H13ClFN3O2. The molecule has 2 heterocycles. The quantitative estimate of drug-likeness (QED) is 0.708. The van der Waals surface area contributed by atoms with Gasteiger partial charge in [-0.25, -0.2) is 14.4 Å². The van der Waals surface area contributed by atoms with Crippen LogP contribution in [0.15, 0.2) is 43.1 Å². The van der Waals surface area contributed by atoms with Crippen LogP contribution < -0.4 is 0 Å². The van der Waals surface area contributed by atoms with Gasteiger partial charge in [0.15, 0.2) is 11.6 Å². The third-order valence-electron chi connectivity index (χ3n) is 3.74. The van der Waals surface area contributed by atoms with E-state index in [1.165, 1.54) is 30.7 Å². The Morgan fingerprint density at radius 3 is 2.68 bits per heavy atom. The van der Waals surface area contributed by atoms with E-state index in [-0.39, 0.29) is 34.0 Å². The van der Waals surface area contributed by atoms with Crippen LogP contribution in [0.1, 0.15) is 37.5 Å². The topological polar surface area (TPSA) is 75.7 Å². The molecule has 0 saturated heterocycles. The number of rotatable bonds is 5. The van der Waals surface area contributed by atoms with Crippen molar-refractivity contribution in [1.29, 1.82) is 0 Å². The Bertz CT molecular complexity index is 954. The summed E-state index contributed by atoms with van der Waals surface area (Å²) in [5.74, 6) is -1.51. The molecule has 126 valence electrons. The first-order chi connectivity index (χ1) is 12.0. The number of H-pyrrole nitrogens is 1. The number of Topliss-reactive ketones (excluding diaryl/α,β-unsaturated/α-hetero) is 1. The van der Waals surface area contributed by atoms with Crippen LogP contribution >= 0.6 is 11.6 Å². The van der Waals surface area contributed by atoms with Crippen LogP contribution in [-0.2, 0) is 6.42 Å². The van der Waals surface area contributed by atoms with Gasteiger partial charge in [0.25, 0.3) is 0 Å². The molecule has 0 amide bonds. The average molecular weight is 358 g/mol. The van der Waals surface area contributed by atoms with E-state index in [4.69, 9.17) is 11.6 Å². The molecule has 1 aromatic carbocycles. The number of benzene rings is 1. The van der Waals surface area contributed by atoms with Gasteiger partial charge in [-0.1, -0.05) is 17.7 Å². The summed E-state index contributed by atoms with van der Waals surface area (Å²) in [6.45, 7) is 1.69. The van der Waals surface area contributed by atoms with Crippen molar-refractivity contribution in [3.05, 3.63) is 81.9 Å². The number of aryl methyl sites for hydroxylation is 1. The Kier molecular flexibility index (Phi) is 4.72. The maximum atomic E-state index is 14.0. The van der Waals surface area contributed by atoms with Crippen LogP contribution in [0.5, 0.6) is 0 Å². The number of carbonyl (C=O) groups is 2. The van der Waals surface area contributed by atoms with Gasteiger partial charge >= 0.3 is 0 Å². The second-order valence-corrected chi connectivity index (χ2v) is 5.91. The van der Waals surface area contributed by atoms with Crippen LogP contribution in [-0.4, -0.2) is 26.5 Å². The van der Waals surface area contributed by atoms with Crippen molar-refractivity contribution < 1.29 is 14.0 Å². The lowest BCUT2D eigenvalue weighted by atomic mass is 10.0. The number of nitrogens with one attached hydrogen (secondary N) is 1. The first-order valence-electron chi connectivity index (χ1n) is 7.42. The minimum Gasteiger partial charge on any atom is -0.358 e. The van der Waals surface area contributed by atoms with Gasteiger partial charge in [0.2, 0.25) is 0 Å². The van der Waals surface area contributed by atoms with Gasteiger partial charge in [-0.2, -0.15) is 0 Å². The molecule has 0 aliphatic heterocycles. The van der Waals surface area contributed by atoms with Gasteiger partial charge in [0, 0.05) is 30.6 Å². The van der Waals surface area contributed by atoms with Gasteiger partial charge in [-0.05, 0) is 30.2 Å². The van der Waals surface area contributed by atoms with Crippen molar-refractivity contribution in [3.8, 4) is 0 Å². The summed E-state index contributed by atoms with van der Waals surface area (Å²) in [6, 6.07) is 4.09. The third kappa shape index (κ3) is 3.49. The number of aromatic amines is 1. The van der Waals surface area contributed by atoms with Crippen LogP contribution in [0.2, 0.25) is 5.02 Å². The second-order valence-electron chi connectivity index (χ2n) is 5.53. The minimum atomic E-state index is -0.698. The number of nitrogens with zero attached hydrogens (tertiary/aromatic N) is 2. The Balaban J connectivity index is 1.85. The van der Waals surface area contributed by atoms with Crippen molar-refractivity contribution >= 4 is 23.2 Å². The zero-order valence-electron chi connectivity index (χ0n) is 13.2. The predicted molar refractivity (Wildman–Crippen MR) is 90.4 cm³/mol. The molecule has 3 aromatic rings. The number of carbonyl (C=O) groups excluding carboxylic acids is 2. The number of hydrogen-bond acceptors (Lipinski definition) is 4. The van der Waals surface area contributed by atoms with Crippen LogP contribution in [0, 0.1) is 12.7 Å². The van der Waals surface area contributed by atoms with Crippen LogP contribution in [0.3, 0.4) is 0 Å². The predicted octanol–water partition coefficient (Wildman–Crippen LogP) is 3.56. The molecule has 0 aliphatic carbocycles. The lowest BCUT2D eigenvalue weighted by Gasteiger charge is -2.06. The molecular weight excluding hydrogens is 345 g/mol. The Morgan fingerprint density at radius 1 is 1.24 bits per heavy atom. The second kappa shape index (κ2) is 6.94. The van der Waals surface area contributed by atoms with Gasteiger partial charge in [0.05, 0.1) is 16.3 Å². The summed E-state index contributed by atoms with van der Waals surface area (Å²) in [7, 11) is 0. The number of aromatic nitrogens is 3. The van der Waals surface area contributed by atoms with Crippen molar-refractivity contribution in [2.24, 2.45) is 0 Å². The van der Waals surface area contributed by atoms with Crippen molar-refractivity contribution in [2.45, 2.75) is 13.3 Å². The first kappa shape index (κ1) is 17.0. The molecule has 0 saturated carbocycles. The number of hydrogen-bond donors (Lipinski definition) is 1. The Labute approximate surface area is 147 Å². The summed E-state index contributed by atoms with van der Waals surface area (Å²) in [6.07, 6.45) is 5.92. The third-order valence-corrected chi connectivity index (χ3v) is 4.22. The van der Waals surface area contributed by atoms with Crippen molar-refractivity contribution in [2.75, 3.05) is 0 Å². The largest absolute Gasteiger partial charge is 0.358 e. The molecule has 5 nitrogen and oxygen atoms in total. The molecule has 0 fully saturated rings. The number of ketones is 2. The van der Waals surface area contributed by atoms with Crippen molar-refractivity contribution in [1.82, 2.24) is 15.0 Å². The zero-order chi connectivity index (χ0) is 18.0. The van der Waals surface area contributed by atoms with E-state index in [9.17, 15) is 14.0 Å². The van der Waals surface area contributed by atoms with Crippen molar-refractivity contribution in [3.63, 3.8) is 0 Å². The smallest absolute Gasteiger partial charge is 0.199 e. The molecule has 1 N–H and O–H groups in total. The fraction of sp³-hybridized carbons (Fsp3) is 0.111. The molecule has 0 bridgehead atoms. The SMILES string of the molecule is Cc1ccc(F)c(C(=O)c2c[nH]c(C(=O)Cc3cncnc3)c2)c1Cl. The van der Waals surface area contributed by atoms with E-state index < -0.39 is 11.6 Å². The maximum absolute atomic E-state index is 14.0. The van der Waals surface area contributed by atoms with Gasteiger partial charge in [0.1, 0.15) is 12.1 Å². The Morgan fingerprint density at radius 2 is 1.96 bits per heavy atom. The minimum absolute atomic E-state index is 0.0699. The molecule has 25 heavy (non-hydrogen) atoms. The van der Waals surface area contributed by atoms with Crippen LogP contribution in [0.4, 0.5) is 4.39 Å². The highest BCUT2D eigenvalue weighted by atomic mass is 35.5. The standard InChI is InChI=1S/C18H13ClFN3O2/c1-10-2-3-13(20)16(17(10)19)18(25)12-5-14(23-8-12)15(24)4-11-6-21-9-22-7-11/h2-3,5-9,23H,4H2,1H3. The highest BCUT2D eigenvalue weighted by Gasteiger charge is 2.21. The lowest BCUT2D eigenvalue weighted by Crippen LogP contribution is -2.06. The highest BCUT2D eigenvalue weighted by molar-refractivity contribution is 6.35. The average Bonchev–Trinajstić information content (AvgIpc) is 3.09. The normalized spacial score (nSPS) is 10.7. The van der Waals surface area contributed by atoms with Gasteiger partial charge in [-0.15, -0.1) is 0 Å². The lowest BCUT2D eigenvalue weighted by molar-refractivity contribution is 0.0988. The van der Waals surface area contributed by atoms with E-state index in [1.54, 1.807) is 19.3 Å². The summed E-state index contributed by atoms with van der Waals surface area (Å²) in [5.41, 5.74) is 1.47. The molecule has 0 unspecified atom stereocenters. The molecule has 2 aromatic heterocycles. The van der Waals surface area contributed by atoms with E-state index in [2.05, 4.69) is 15.0 Å². The van der Waals surface area contributed by atoms with Crippen LogP contribution in [0.25, 0.3) is 0 Å². The Hall–Kier alpha value is -2.86. The zero-order valence-corrected chi connectivity index (χ0v) is 14.0. The highest BCUT2D eigenvalue weighted by Crippen LogP contribution is 2.26. The first-order valence-corrected chi connectivity index (χ1v) is 7.80. The van der Waals surface area contributed by atoms with Gasteiger partial charge in [-0.3, -0.25) is 9.59 Å². The molecule has 0 spiro atoms. The van der Waals surface area contributed by atoms with Gasteiger partial charge < -0.3 is 4.98 Å². The van der Waals surface area contributed by atoms with E-state index in [1.807, 2.05) is 0 Å². The fourth-order valence-electron chi connectivity index (χ4n) is 2.40.